The minimum atomic E-state index is -0.0887. The fraction of sp³-hybridized carbons (Fsp3) is 0.600. The molecule has 0 aromatic carbocycles. The number of aryl methyl sites for hydroxylation is 1. The van der Waals surface area contributed by atoms with E-state index in [0.29, 0.717) is 5.56 Å². The van der Waals surface area contributed by atoms with Crippen molar-refractivity contribution in [2.75, 3.05) is 0 Å². The van der Waals surface area contributed by atoms with Crippen LogP contribution in [0, 0.1) is 11.3 Å². The largest absolute Gasteiger partial charge is 0.311 e. The number of unbranched alkanes of at least 4 members (excludes halogenated alkanes) is 2. The van der Waals surface area contributed by atoms with E-state index in [1.54, 1.807) is 0 Å². The molecule has 0 saturated carbocycles. The molecule has 0 N–H and O–H groups in total. The first-order chi connectivity index (χ1) is 8.77. The minimum absolute atomic E-state index is 0.0887. The van der Waals surface area contributed by atoms with Gasteiger partial charge in [-0.3, -0.25) is 4.79 Å². The van der Waals surface area contributed by atoms with Crippen LogP contribution in [0.5, 0.6) is 0 Å². The molecule has 0 bridgehead atoms. The Kier molecular flexibility index (Phi) is 4.19. The van der Waals surface area contributed by atoms with Gasteiger partial charge in [-0.2, -0.15) is 5.26 Å². The van der Waals surface area contributed by atoms with Crippen molar-refractivity contribution in [2.24, 2.45) is 0 Å². The molecule has 96 valence electrons. The number of pyridine rings is 1. The number of fused-ring (bicyclic) bond motifs is 1. The molecule has 0 unspecified atom stereocenters. The van der Waals surface area contributed by atoms with Gasteiger partial charge in [-0.25, -0.2) is 0 Å². The van der Waals surface area contributed by atoms with E-state index in [2.05, 4.69) is 6.92 Å². The van der Waals surface area contributed by atoms with Crippen LogP contribution >= 0.6 is 0 Å². The third kappa shape index (κ3) is 2.48. The lowest BCUT2D eigenvalue weighted by Gasteiger charge is -2.21. The first kappa shape index (κ1) is 12.9. The van der Waals surface area contributed by atoms with Gasteiger partial charge < -0.3 is 4.57 Å². The Hall–Kier alpha value is -1.56. The van der Waals surface area contributed by atoms with Crippen LogP contribution in [0.4, 0.5) is 0 Å². The summed E-state index contributed by atoms with van der Waals surface area (Å²) in [5, 5.41) is 9.05. The number of aromatic nitrogens is 1. The molecule has 0 radical (unpaired) electrons. The number of hydrogen-bond donors (Lipinski definition) is 0. The van der Waals surface area contributed by atoms with Crippen LogP contribution in [0.25, 0.3) is 0 Å². The smallest absolute Gasteiger partial charge is 0.268 e. The summed E-state index contributed by atoms with van der Waals surface area (Å²) in [6.45, 7) is 2.93. The summed E-state index contributed by atoms with van der Waals surface area (Å²) >= 11 is 0. The van der Waals surface area contributed by atoms with Gasteiger partial charge in [0.05, 0.1) is 0 Å². The number of hydrogen-bond acceptors (Lipinski definition) is 2. The molecule has 1 aliphatic rings. The molecule has 18 heavy (non-hydrogen) atoms. The summed E-state index contributed by atoms with van der Waals surface area (Å²) in [5.41, 5.74) is 2.62. The average Bonchev–Trinajstić information content (AvgIpc) is 2.41. The molecule has 1 heterocycles. The number of nitriles is 1. The van der Waals surface area contributed by atoms with Crippen molar-refractivity contribution in [3.8, 4) is 6.07 Å². The van der Waals surface area contributed by atoms with Gasteiger partial charge >= 0.3 is 0 Å². The normalized spacial score (nSPS) is 14.0. The first-order valence-corrected chi connectivity index (χ1v) is 6.93. The zero-order valence-electron chi connectivity index (χ0n) is 11.0. The highest BCUT2D eigenvalue weighted by molar-refractivity contribution is 5.35. The lowest BCUT2D eigenvalue weighted by Crippen LogP contribution is -2.28. The molecule has 0 saturated heterocycles. The van der Waals surface area contributed by atoms with Crippen molar-refractivity contribution in [2.45, 2.75) is 58.4 Å². The van der Waals surface area contributed by atoms with E-state index >= 15 is 0 Å². The van der Waals surface area contributed by atoms with Crippen molar-refractivity contribution >= 4 is 0 Å². The van der Waals surface area contributed by atoms with Gasteiger partial charge in [0.2, 0.25) is 0 Å². The molecule has 0 fully saturated rings. The monoisotopic (exact) mass is 244 g/mol. The summed E-state index contributed by atoms with van der Waals surface area (Å²) in [5.74, 6) is 0. The van der Waals surface area contributed by atoms with Crippen molar-refractivity contribution < 1.29 is 0 Å². The van der Waals surface area contributed by atoms with Gasteiger partial charge in [-0.15, -0.1) is 0 Å². The fourth-order valence-corrected chi connectivity index (χ4v) is 2.72. The van der Waals surface area contributed by atoms with Crippen LogP contribution in [-0.4, -0.2) is 4.57 Å². The predicted octanol–water partition coefficient (Wildman–Crippen LogP) is 2.79. The molecule has 0 atom stereocenters. The third-order valence-electron chi connectivity index (χ3n) is 3.71. The van der Waals surface area contributed by atoms with Gasteiger partial charge in [-0.1, -0.05) is 19.8 Å². The SMILES string of the molecule is CCCCCn1c2c(cc(C#N)c1=O)CCCC2. The minimum Gasteiger partial charge on any atom is -0.311 e. The molecule has 1 aromatic rings. The molecule has 0 spiro atoms. The van der Waals surface area contributed by atoms with Gasteiger partial charge in [-0.05, 0) is 43.7 Å². The fourth-order valence-electron chi connectivity index (χ4n) is 2.72. The molecule has 1 aromatic heterocycles. The Balaban J connectivity index is 2.41. The molecular weight excluding hydrogens is 224 g/mol. The molecule has 1 aliphatic carbocycles. The molecule has 3 heteroatoms. The van der Waals surface area contributed by atoms with E-state index in [4.69, 9.17) is 5.26 Å². The summed E-state index contributed by atoms with van der Waals surface area (Å²) < 4.78 is 1.86. The quantitative estimate of drug-likeness (QED) is 0.764. The average molecular weight is 244 g/mol. The Bertz CT molecular complexity index is 523. The molecule has 0 aliphatic heterocycles. The third-order valence-corrected chi connectivity index (χ3v) is 3.71. The second-order valence-corrected chi connectivity index (χ2v) is 5.01. The zero-order valence-corrected chi connectivity index (χ0v) is 11.0. The Morgan fingerprint density at radius 3 is 2.83 bits per heavy atom. The van der Waals surface area contributed by atoms with E-state index in [9.17, 15) is 4.79 Å². The van der Waals surface area contributed by atoms with Crippen molar-refractivity contribution in [3.05, 3.63) is 33.2 Å². The van der Waals surface area contributed by atoms with E-state index in [1.807, 2.05) is 16.7 Å². The van der Waals surface area contributed by atoms with E-state index in [-0.39, 0.29) is 5.56 Å². The van der Waals surface area contributed by atoms with Crippen LogP contribution in [0.3, 0.4) is 0 Å². The molecule has 2 rings (SSSR count). The maximum absolute atomic E-state index is 12.2. The Labute approximate surface area is 108 Å². The second-order valence-electron chi connectivity index (χ2n) is 5.01. The molecule has 0 amide bonds. The van der Waals surface area contributed by atoms with Crippen LogP contribution < -0.4 is 5.56 Å². The van der Waals surface area contributed by atoms with Gasteiger partial charge in [0.15, 0.2) is 0 Å². The van der Waals surface area contributed by atoms with Crippen LogP contribution in [0.2, 0.25) is 0 Å². The second kappa shape index (κ2) is 5.86. The standard InChI is InChI=1S/C15H20N2O/c1-2-3-6-9-17-14-8-5-4-7-12(14)10-13(11-16)15(17)18/h10H,2-9H2,1H3. The zero-order chi connectivity index (χ0) is 13.0. The van der Waals surface area contributed by atoms with Crippen molar-refractivity contribution in [1.82, 2.24) is 4.57 Å². The highest BCUT2D eigenvalue weighted by atomic mass is 16.1. The number of nitrogens with zero attached hydrogens (tertiary/aromatic N) is 2. The van der Waals surface area contributed by atoms with E-state index < -0.39 is 0 Å². The van der Waals surface area contributed by atoms with Crippen LogP contribution in [0.1, 0.15) is 55.8 Å². The van der Waals surface area contributed by atoms with Gasteiger partial charge in [0, 0.05) is 12.2 Å². The molecule has 3 nitrogen and oxygen atoms in total. The summed E-state index contributed by atoms with van der Waals surface area (Å²) in [6.07, 6.45) is 7.64. The van der Waals surface area contributed by atoms with Crippen LogP contribution in [0.15, 0.2) is 10.9 Å². The maximum atomic E-state index is 12.2. The highest BCUT2D eigenvalue weighted by Crippen LogP contribution is 2.21. The van der Waals surface area contributed by atoms with Gasteiger partial charge in [0.25, 0.3) is 5.56 Å². The summed E-state index contributed by atoms with van der Waals surface area (Å²) in [6, 6.07) is 3.86. The van der Waals surface area contributed by atoms with Crippen molar-refractivity contribution in [1.29, 1.82) is 5.26 Å². The van der Waals surface area contributed by atoms with Crippen LogP contribution in [-0.2, 0) is 19.4 Å². The number of rotatable bonds is 4. The lowest BCUT2D eigenvalue weighted by molar-refractivity contribution is 0.536. The summed E-state index contributed by atoms with van der Waals surface area (Å²) in [7, 11) is 0. The van der Waals surface area contributed by atoms with Gasteiger partial charge in [0.1, 0.15) is 11.6 Å². The van der Waals surface area contributed by atoms with E-state index in [1.165, 1.54) is 17.7 Å². The van der Waals surface area contributed by atoms with Crippen molar-refractivity contribution in [3.63, 3.8) is 0 Å². The Morgan fingerprint density at radius 1 is 1.33 bits per heavy atom. The molecular formula is C15H20N2O. The predicted molar refractivity (Wildman–Crippen MR) is 71.6 cm³/mol. The summed E-state index contributed by atoms with van der Waals surface area (Å²) in [4.78, 5) is 12.2. The lowest BCUT2D eigenvalue weighted by atomic mass is 9.94. The Morgan fingerprint density at radius 2 is 2.11 bits per heavy atom. The highest BCUT2D eigenvalue weighted by Gasteiger charge is 2.17. The first-order valence-electron chi connectivity index (χ1n) is 6.93. The topological polar surface area (TPSA) is 45.8 Å². The van der Waals surface area contributed by atoms with E-state index in [0.717, 1.165) is 45.1 Å². The maximum Gasteiger partial charge on any atom is 0.268 e.